The maximum Gasteiger partial charge on any atom is 0.255 e. The summed E-state index contributed by atoms with van der Waals surface area (Å²) >= 11 is 6.27. The van der Waals surface area contributed by atoms with Gasteiger partial charge in [0.25, 0.3) is 5.91 Å². The standard InChI is InChI=1S/C24H26ClN3O3/c1-3-27(4-2)24(31)20-13-10-18(16-21(20)25)26-22(29)14-9-17-7-11-19(12-8-17)28-15-5-6-23(28)30/h7-14,16H,3-6,15H2,1-2H3,(H,26,29)/b14-9+. The Hall–Kier alpha value is -3.12. The second-order valence-electron chi connectivity index (χ2n) is 7.24. The summed E-state index contributed by atoms with van der Waals surface area (Å²) in [6.45, 7) is 5.78. The highest BCUT2D eigenvalue weighted by atomic mass is 35.5. The van der Waals surface area contributed by atoms with E-state index in [1.54, 1.807) is 34.1 Å². The second-order valence-corrected chi connectivity index (χ2v) is 7.64. The number of benzene rings is 2. The van der Waals surface area contributed by atoms with Gasteiger partial charge in [-0.1, -0.05) is 23.7 Å². The number of carbonyl (C=O) groups is 3. The molecule has 0 aromatic heterocycles. The fraction of sp³-hybridized carbons (Fsp3) is 0.292. The molecule has 3 amide bonds. The zero-order valence-corrected chi connectivity index (χ0v) is 18.5. The van der Waals surface area contributed by atoms with Gasteiger partial charge in [0.15, 0.2) is 0 Å². The third-order valence-corrected chi connectivity index (χ3v) is 5.54. The zero-order chi connectivity index (χ0) is 22.4. The summed E-state index contributed by atoms with van der Waals surface area (Å²) in [5.41, 5.74) is 2.65. The highest BCUT2D eigenvalue weighted by Crippen LogP contribution is 2.23. The lowest BCUT2D eigenvalue weighted by atomic mass is 10.1. The molecule has 0 spiro atoms. The van der Waals surface area contributed by atoms with Crippen LogP contribution in [0.2, 0.25) is 5.02 Å². The molecule has 0 atom stereocenters. The molecule has 6 nitrogen and oxygen atoms in total. The molecule has 2 aromatic rings. The maximum atomic E-state index is 12.5. The van der Waals surface area contributed by atoms with Gasteiger partial charge in [0.2, 0.25) is 11.8 Å². The largest absolute Gasteiger partial charge is 0.339 e. The minimum atomic E-state index is -0.308. The summed E-state index contributed by atoms with van der Waals surface area (Å²) in [6, 6.07) is 12.4. The fourth-order valence-corrected chi connectivity index (χ4v) is 3.75. The number of hydrogen-bond donors (Lipinski definition) is 1. The molecule has 7 heteroatoms. The molecule has 0 aliphatic carbocycles. The number of hydrogen-bond acceptors (Lipinski definition) is 3. The molecule has 1 aliphatic rings. The first kappa shape index (κ1) is 22.6. The lowest BCUT2D eigenvalue weighted by molar-refractivity contribution is -0.117. The van der Waals surface area contributed by atoms with Gasteiger partial charge in [-0.05, 0) is 62.2 Å². The van der Waals surface area contributed by atoms with Crippen molar-refractivity contribution in [1.29, 1.82) is 0 Å². The smallest absolute Gasteiger partial charge is 0.255 e. The van der Waals surface area contributed by atoms with Crippen LogP contribution in [0, 0.1) is 0 Å². The lowest BCUT2D eigenvalue weighted by Gasteiger charge is -2.19. The molecule has 31 heavy (non-hydrogen) atoms. The molecular weight excluding hydrogens is 414 g/mol. The Morgan fingerprint density at radius 3 is 2.42 bits per heavy atom. The number of anilines is 2. The second kappa shape index (κ2) is 10.3. The summed E-state index contributed by atoms with van der Waals surface area (Å²) in [7, 11) is 0. The van der Waals surface area contributed by atoms with Gasteiger partial charge in [0.1, 0.15) is 0 Å². The Bertz CT molecular complexity index is 998. The Morgan fingerprint density at radius 1 is 1.13 bits per heavy atom. The quantitative estimate of drug-likeness (QED) is 0.641. The molecule has 162 valence electrons. The first-order valence-electron chi connectivity index (χ1n) is 10.4. The lowest BCUT2D eigenvalue weighted by Crippen LogP contribution is -2.30. The molecular formula is C24H26ClN3O3. The van der Waals surface area contributed by atoms with Crippen LogP contribution >= 0.6 is 11.6 Å². The Kier molecular flexibility index (Phi) is 7.47. The van der Waals surface area contributed by atoms with Crippen LogP contribution in [0.25, 0.3) is 6.08 Å². The Morgan fingerprint density at radius 2 is 1.84 bits per heavy atom. The van der Waals surface area contributed by atoms with Crippen molar-refractivity contribution in [3.05, 3.63) is 64.7 Å². The topological polar surface area (TPSA) is 69.7 Å². The number of amides is 3. The van der Waals surface area contributed by atoms with E-state index in [-0.39, 0.29) is 17.7 Å². The number of nitrogens with one attached hydrogen (secondary N) is 1. The first-order chi connectivity index (χ1) is 14.9. The van der Waals surface area contributed by atoms with Crippen molar-refractivity contribution in [2.75, 3.05) is 29.9 Å². The molecule has 1 N–H and O–H groups in total. The zero-order valence-electron chi connectivity index (χ0n) is 17.7. The van der Waals surface area contributed by atoms with Gasteiger partial charge in [-0.15, -0.1) is 0 Å². The van der Waals surface area contributed by atoms with Gasteiger partial charge < -0.3 is 15.1 Å². The van der Waals surface area contributed by atoms with Crippen molar-refractivity contribution in [1.82, 2.24) is 4.90 Å². The van der Waals surface area contributed by atoms with E-state index in [9.17, 15) is 14.4 Å². The van der Waals surface area contributed by atoms with Crippen LogP contribution in [-0.2, 0) is 9.59 Å². The Labute approximate surface area is 187 Å². The predicted octanol–water partition coefficient (Wildman–Crippen LogP) is 4.60. The van der Waals surface area contributed by atoms with E-state index in [1.165, 1.54) is 6.08 Å². The van der Waals surface area contributed by atoms with Crippen LogP contribution in [0.3, 0.4) is 0 Å². The third-order valence-electron chi connectivity index (χ3n) is 5.22. The Balaban J connectivity index is 1.61. The molecule has 1 aliphatic heterocycles. The number of nitrogens with zero attached hydrogens (tertiary/aromatic N) is 2. The molecule has 0 unspecified atom stereocenters. The normalized spacial score (nSPS) is 13.6. The third kappa shape index (κ3) is 5.52. The summed E-state index contributed by atoms with van der Waals surface area (Å²) in [4.78, 5) is 40.0. The summed E-state index contributed by atoms with van der Waals surface area (Å²) in [6.07, 6.45) is 4.61. The SMILES string of the molecule is CCN(CC)C(=O)c1ccc(NC(=O)/C=C/c2ccc(N3CCCC3=O)cc2)cc1Cl. The van der Waals surface area contributed by atoms with Crippen LogP contribution < -0.4 is 10.2 Å². The van der Waals surface area contributed by atoms with Gasteiger partial charge in [-0.2, -0.15) is 0 Å². The van der Waals surface area contributed by atoms with Crippen LogP contribution in [-0.4, -0.2) is 42.3 Å². The van der Waals surface area contributed by atoms with Crippen molar-refractivity contribution in [2.45, 2.75) is 26.7 Å². The number of rotatable bonds is 7. The molecule has 3 rings (SSSR count). The van der Waals surface area contributed by atoms with Crippen LogP contribution in [0.15, 0.2) is 48.5 Å². The highest BCUT2D eigenvalue weighted by molar-refractivity contribution is 6.34. The fourth-order valence-electron chi connectivity index (χ4n) is 3.49. The summed E-state index contributed by atoms with van der Waals surface area (Å²) in [5.74, 6) is -0.296. The van der Waals surface area contributed by atoms with E-state index in [1.807, 2.05) is 38.1 Å². The van der Waals surface area contributed by atoms with Gasteiger partial charge in [0, 0.05) is 43.5 Å². The van der Waals surface area contributed by atoms with E-state index in [0.717, 1.165) is 24.2 Å². The van der Waals surface area contributed by atoms with Crippen molar-refractivity contribution in [3.63, 3.8) is 0 Å². The van der Waals surface area contributed by atoms with E-state index in [2.05, 4.69) is 5.32 Å². The van der Waals surface area contributed by atoms with Gasteiger partial charge in [0.05, 0.1) is 10.6 Å². The molecule has 0 saturated carbocycles. The minimum absolute atomic E-state index is 0.133. The summed E-state index contributed by atoms with van der Waals surface area (Å²) < 4.78 is 0. The monoisotopic (exact) mass is 439 g/mol. The first-order valence-corrected chi connectivity index (χ1v) is 10.8. The van der Waals surface area contributed by atoms with Crippen molar-refractivity contribution in [2.24, 2.45) is 0 Å². The van der Waals surface area contributed by atoms with Gasteiger partial charge in [-0.25, -0.2) is 0 Å². The number of halogens is 1. The molecule has 1 fully saturated rings. The highest BCUT2D eigenvalue weighted by Gasteiger charge is 2.21. The van der Waals surface area contributed by atoms with E-state index < -0.39 is 0 Å². The average Bonchev–Trinajstić information content (AvgIpc) is 3.19. The van der Waals surface area contributed by atoms with Gasteiger partial charge >= 0.3 is 0 Å². The van der Waals surface area contributed by atoms with Crippen LogP contribution in [0.4, 0.5) is 11.4 Å². The maximum absolute atomic E-state index is 12.5. The van der Waals surface area contributed by atoms with Crippen LogP contribution in [0.5, 0.6) is 0 Å². The predicted molar refractivity (Wildman–Crippen MR) is 124 cm³/mol. The molecule has 1 heterocycles. The van der Waals surface area contributed by atoms with E-state index in [0.29, 0.717) is 35.8 Å². The average molecular weight is 440 g/mol. The molecule has 2 aromatic carbocycles. The molecule has 0 bridgehead atoms. The minimum Gasteiger partial charge on any atom is -0.339 e. The molecule has 1 saturated heterocycles. The summed E-state index contributed by atoms with van der Waals surface area (Å²) in [5, 5.41) is 3.05. The number of carbonyl (C=O) groups excluding carboxylic acids is 3. The van der Waals surface area contributed by atoms with Crippen molar-refractivity contribution < 1.29 is 14.4 Å². The van der Waals surface area contributed by atoms with Crippen molar-refractivity contribution in [3.8, 4) is 0 Å². The van der Waals surface area contributed by atoms with Crippen LogP contribution in [0.1, 0.15) is 42.6 Å². The van der Waals surface area contributed by atoms with E-state index >= 15 is 0 Å². The van der Waals surface area contributed by atoms with Crippen molar-refractivity contribution >= 4 is 46.8 Å². The van der Waals surface area contributed by atoms with Gasteiger partial charge in [-0.3, -0.25) is 14.4 Å². The van der Waals surface area contributed by atoms with E-state index in [4.69, 9.17) is 11.6 Å². The molecule has 0 radical (unpaired) electrons.